The summed E-state index contributed by atoms with van der Waals surface area (Å²) in [6.45, 7) is 29.7. The average Bonchev–Trinajstić information content (AvgIpc) is 4.40. The number of fused-ring (bicyclic) bond motifs is 6. The first kappa shape index (κ1) is 54.2. The molecule has 0 saturated carbocycles. The highest BCUT2D eigenvalue weighted by molar-refractivity contribution is 7.24. The zero-order chi connectivity index (χ0) is 55.9. The van der Waals surface area contributed by atoms with Crippen molar-refractivity contribution in [1.82, 2.24) is 19.1 Å². The number of thiophene rings is 4. The molecule has 0 amide bonds. The van der Waals surface area contributed by atoms with Crippen molar-refractivity contribution in [2.45, 2.75) is 144 Å². The first-order chi connectivity index (χ1) is 38.1. The van der Waals surface area contributed by atoms with Gasteiger partial charge < -0.3 is 9.13 Å². The Balaban J connectivity index is 0.697. The fraction of sp³-hybridized carbons (Fsp3) is 0.306. The molecule has 0 aliphatic rings. The van der Waals surface area contributed by atoms with E-state index in [1.165, 1.54) is 105 Å². The normalized spacial score (nSPS) is 12.8. The zero-order valence-electron chi connectivity index (χ0n) is 48.7. The average molecular weight is 1120 g/mol. The van der Waals surface area contributed by atoms with Crippen molar-refractivity contribution in [3.8, 4) is 51.8 Å². The Morgan fingerprint density at radius 1 is 0.325 bits per heavy atom. The molecule has 8 heteroatoms. The van der Waals surface area contributed by atoms with Gasteiger partial charge in [0, 0.05) is 108 Å². The SMILES string of the molecule is CC(C)(C)c1ccc2c(c1)c1cc(C(C)(C)C)ccc1n2CCCc1ccc(-c2ccc(-c3ccnc(-c4cc(-c5ccc(-c6ccc(CCCn7c8ccc(C(C)(C)C)cc8c8cc(C(C)(C)C)ccc87)s6)s5)ccn4)c3)s2)s1. The van der Waals surface area contributed by atoms with Gasteiger partial charge in [-0.1, -0.05) is 107 Å². The summed E-state index contributed by atoms with van der Waals surface area (Å²) in [6, 6.07) is 55.7. The molecule has 4 aromatic carbocycles. The van der Waals surface area contributed by atoms with Crippen LogP contribution in [0.1, 0.15) is 128 Å². The Kier molecular flexibility index (Phi) is 14.1. The van der Waals surface area contributed by atoms with Crippen LogP contribution in [0.25, 0.3) is 95.4 Å². The van der Waals surface area contributed by atoms with Crippen molar-refractivity contribution in [1.29, 1.82) is 0 Å². The Labute approximate surface area is 489 Å². The number of hydrogen-bond acceptors (Lipinski definition) is 6. The molecular formula is C72H74N4S4. The van der Waals surface area contributed by atoms with E-state index in [1.54, 1.807) is 0 Å². The van der Waals surface area contributed by atoms with Crippen LogP contribution in [0.4, 0.5) is 0 Å². The molecule has 0 aliphatic heterocycles. The van der Waals surface area contributed by atoms with Crippen LogP contribution in [0.5, 0.6) is 0 Å². The van der Waals surface area contributed by atoms with Crippen LogP contribution in [-0.2, 0) is 47.6 Å². The van der Waals surface area contributed by atoms with Crippen molar-refractivity contribution in [2.24, 2.45) is 0 Å². The fourth-order valence-corrected chi connectivity index (χ4v) is 15.7. The number of nitrogens with zero attached hydrogens (tertiary/aromatic N) is 4. The van der Waals surface area contributed by atoms with Crippen molar-refractivity contribution in [3.05, 3.63) is 190 Å². The van der Waals surface area contributed by atoms with Gasteiger partial charge in [-0.05, 0) is 202 Å². The second kappa shape index (κ2) is 20.8. The second-order valence-electron chi connectivity index (χ2n) is 26.2. The number of aromatic nitrogens is 4. The van der Waals surface area contributed by atoms with Crippen molar-refractivity contribution in [2.75, 3.05) is 0 Å². The van der Waals surface area contributed by atoms with Gasteiger partial charge in [0.25, 0.3) is 0 Å². The van der Waals surface area contributed by atoms with Crippen LogP contribution in [0.15, 0.2) is 158 Å². The maximum absolute atomic E-state index is 4.84. The summed E-state index contributed by atoms with van der Waals surface area (Å²) in [5.74, 6) is 0. The molecular weight excluding hydrogens is 1050 g/mol. The lowest BCUT2D eigenvalue weighted by molar-refractivity contribution is 0.590. The van der Waals surface area contributed by atoms with Crippen LogP contribution in [0, 0.1) is 0 Å². The van der Waals surface area contributed by atoms with E-state index < -0.39 is 0 Å². The molecule has 8 aromatic heterocycles. The van der Waals surface area contributed by atoms with E-state index >= 15 is 0 Å². The molecule has 0 aliphatic carbocycles. The molecule has 0 bridgehead atoms. The Hall–Kier alpha value is -6.42. The van der Waals surface area contributed by atoms with Gasteiger partial charge in [0.2, 0.25) is 0 Å². The largest absolute Gasteiger partial charge is 0.340 e. The number of rotatable bonds is 13. The van der Waals surface area contributed by atoms with Gasteiger partial charge in [-0.15, -0.1) is 45.3 Å². The van der Waals surface area contributed by atoms with Gasteiger partial charge in [0.15, 0.2) is 0 Å². The van der Waals surface area contributed by atoms with Gasteiger partial charge in [0.05, 0.1) is 11.4 Å². The monoisotopic (exact) mass is 1120 g/mol. The summed E-state index contributed by atoms with van der Waals surface area (Å²) in [4.78, 5) is 20.3. The summed E-state index contributed by atoms with van der Waals surface area (Å²) < 4.78 is 5.13. The minimum absolute atomic E-state index is 0.0963. The van der Waals surface area contributed by atoms with Crippen molar-refractivity contribution in [3.63, 3.8) is 0 Å². The van der Waals surface area contributed by atoms with E-state index in [-0.39, 0.29) is 21.7 Å². The summed E-state index contributed by atoms with van der Waals surface area (Å²) >= 11 is 7.57. The Morgan fingerprint density at radius 2 is 0.625 bits per heavy atom. The number of hydrogen-bond donors (Lipinski definition) is 0. The zero-order valence-corrected chi connectivity index (χ0v) is 51.9. The lowest BCUT2D eigenvalue weighted by atomic mass is 9.85. The molecule has 12 rings (SSSR count). The summed E-state index contributed by atoms with van der Waals surface area (Å²) in [6.07, 6.45) is 8.12. The highest BCUT2D eigenvalue weighted by Crippen LogP contribution is 2.43. The number of pyridine rings is 2. The molecule has 0 N–H and O–H groups in total. The van der Waals surface area contributed by atoms with E-state index in [0.29, 0.717) is 0 Å². The highest BCUT2D eigenvalue weighted by Gasteiger charge is 2.23. The molecule has 4 nitrogen and oxygen atoms in total. The first-order valence-corrected chi connectivity index (χ1v) is 31.8. The fourth-order valence-electron chi connectivity index (χ4n) is 11.4. The first-order valence-electron chi connectivity index (χ1n) is 28.6. The van der Waals surface area contributed by atoms with E-state index in [1.807, 2.05) is 57.7 Å². The molecule has 0 fully saturated rings. The lowest BCUT2D eigenvalue weighted by Gasteiger charge is -2.19. The smallest absolute Gasteiger partial charge is 0.0892 e. The molecule has 8 heterocycles. The van der Waals surface area contributed by atoms with Crippen LogP contribution in [-0.4, -0.2) is 19.1 Å². The Bertz CT molecular complexity index is 3830. The minimum atomic E-state index is 0.0963. The van der Waals surface area contributed by atoms with Crippen molar-refractivity contribution < 1.29 is 0 Å². The quantitative estimate of drug-likeness (QED) is 0.115. The van der Waals surface area contributed by atoms with Gasteiger partial charge >= 0.3 is 0 Å². The van der Waals surface area contributed by atoms with Gasteiger partial charge in [-0.25, -0.2) is 0 Å². The van der Waals surface area contributed by atoms with Gasteiger partial charge in [-0.3, -0.25) is 9.97 Å². The maximum atomic E-state index is 4.84. The summed E-state index contributed by atoms with van der Waals surface area (Å²) in [5, 5.41) is 5.49. The molecule has 0 spiro atoms. The van der Waals surface area contributed by atoms with Gasteiger partial charge in [0.1, 0.15) is 0 Å². The van der Waals surface area contributed by atoms with E-state index in [4.69, 9.17) is 9.97 Å². The third-order valence-electron chi connectivity index (χ3n) is 16.2. The predicted octanol–water partition coefficient (Wildman–Crippen LogP) is 21.7. The van der Waals surface area contributed by atoms with Gasteiger partial charge in [-0.2, -0.15) is 0 Å². The maximum Gasteiger partial charge on any atom is 0.0892 e. The van der Waals surface area contributed by atoms with Crippen LogP contribution in [0.2, 0.25) is 0 Å². The number of aryl methyl sites for hydroxylation is 4. The Morgan fingerprint density at radius 3 is 0.950 bits per heavy atom. The molecule has 80 heavy (non-hydrogen) atoms. The van der Waals surface area contributed by atoms with E-state index in [2.05, 4.69) is 238 Å². The van der Waals surface area contributed by atoms with E-state index in [9.17, 15) is 0 Å². The van der Waals surface area contributed by atoms with Crippen LogP contribution >= 0.6 is 45.3 Å². The van der Waals surface area contributed by atoms with Crippen molar-refractivity contribution >= 4 is 89.0 Å². The predicted molar refractivity (Wildman–Crippen MR) is 351 cm³/mol. The molecule has 406 valence electrons. The van der Waals surface area contributed by atoms with Crippen LogP contribution in [0.3, 0.4) is 0 Å². The number of benzene rings is 4. The third kappa shape index (κ3) is 10.8. The summed E-state index contributed by atoms with van der Waals surface area (Å²) in [7, 11) is 0. The molecule has 0 saturated heterocycles. The van der Waals surface area contributed by atoms with E-state index in [0.717, 1.165) is 61.3 Å². The minimum Gasteiger partial charge on any atom is -0.340 e. The molecule has 12 aromatic rings. The molecule has 0 radical (unpaired) electrons. The van der Waals surface area contributed by atoms with Crippen LogP contribution < -0.4 is 0 Å². The topological polar surface area (TPSA) is 35.6 Å². The summed E-state index contributed by atoms with van der Waals surface area (Å²) in [5.41, 5.74) is 15.4. The standard InChI is InChI=1S/C72H74N4S4/c1-69(2,3)47-17-23-59-53(41-47)54-42-48(70(4,5)6)18-24-60(54)75(59)37-13-15-51-21-27-65(77-51)67-31-29-63(79-67)45-33-35-73-57(39-45)58-40-46(34-36-74-58)64-30-32-68(80-64)66-28-22-52(78-66)16-14-38-76-61-25-19-49(71(7,8)9)43-55(61)56-44-50(72(10,11)12)20-26-62(56)76/h17-36,39-44H,13-16,37-38H2,1-12H3. The molecule has 0 atom stereocenters. The second-order valence-corrected chi connectivity index (χ2v) is 30.7. The highest BCUT2D eigenvalue weighted by atomic mass is 32.1. The lowest BCUT2D eigenvalue weighted by Crippen LogP contribution is -2.10. The molecule has 0 unspecified atom stereocenters. The third-order valence-corrected chi connectivity index (χ3v) is 21.1.